The molecule has 4 atom stereocenters. The van der Waals surface area contributed by atoms with Gasteiger partial charge in [0.05, 0.1) is 5.56 Å². The standard InChI is InChI=1S/C25H34O5/c1-12(2)7-18(27)19-20(28)15-10-25(13(3)4)9-14-8-17(24(14,5)6)23(25)30-22(15)16(11-26)21(19)29/h11-14,17,23,28-29H,7-10H2,1-6H3/t14-,17+,23-,25-/m1/s1. The molecule has 3 fully saturated rings. The summed E-state index contributed by atoms with van der Waals surface area (Å²) in [7, 11) is 0. The first-order chi connectivity index (χ1) is 14.0. The third-order valence-electron chi connectivity index (χ3n) is 8.53. The molecule has 0 spiro atoms. The number of ether oxygens (including phenoxy) is 1. The summed E-state index contributed by atoms with van der Waals surface area (Å²) in [6.07, 6.45) is 3.35. The molecule has 0 amide bonds. The van der Waals surface area contributed by atoms with E-state index in [0.717, 1.165) is 12.8 Å². The number of benzene rings is 1. The van der Waals surface area contributed by atoms with Crippen molar-refractivity contribution in [3.63, 3.8) is 0 Å². The van der Waals surface area contributed by atoms with Crippen molar-refractivity contribution in [1.82, 2.24) is 0 Å². The molecule has 0 unspecified atom stereocenters. The predicted molar refractivity (Wildman–Crippen MR) is 114 cm³/mol. The van der Waals surface area contributed by atoms with E-state index in [-0.39, 0.29) is 57.7 Å². The van der Waals surface area contributed by atoms with E-state index in [4.69, 9.17) is 4.74 Å². The molecule has 0 radical (unpaired) electrons. The Morgan fingerprint density at radius 2 is 1.87 bits per heavy atom. The van der Waals surface area contributed by atoms with E-state index in [2.05, 4.69) is 27.7 Å². The number of aldehydes is 1. The summed E-state index contributed by atoms with van der Waals surface area (Å²) in [4.78, 5) is 24.8. The third kappa shape index (κ3) is 2.66. The Morgan fingerprint density at radius 3 is 2.40 bits per heavy atom. The van der Waals surface area contributed by atoms with Gasteiger partial charge in [-0.1, -0.05) is 41.5 Å². The highest BCUT2D eigenvalue weighted by Crippen LogP contribution is 2.69. The number of rotatable bonds is 5. The average Bonchev–Trinajstić information content (AvgIpc) is 2.65. The third-order valence-corrected chi connectivity index (χ3v) is 8.53. The summed E-state index contributed by atoms with van der Waals surface area (Å²) in [5.41, 5.74) is 0.395. The van der Waals surface area contributed by atoms with Crippen LogP contribution in [-0.4, -0.2) is 28.4 Å². The number of aromatic hydroxyl groups is 2. The van der Waals surface area contributed by atoms with Gasteiger partial charge in [-0.2, -0.15) is 0 Å². The molecule has 1 aromatic carbocycles. The normalized spacial score (nSPS) is 30.9. The highest BCUT2D eigenvalue weighted by Gasteiger charge is 2.66. The van der Waals surface area contributed by atoms with Gasteiger partial charge < -0.3 is 14.9 Å². The van der Waals surface area contributed by atoms with Gasteiger partial charge in [0.25, 0.3) is 0 Å². The lowest BCUT2D eigenvalue weighted by Gasteiger charge is -2.68. The summed E-state index contributed by atoms with van der Waals surface area (Å²) < 4.78 is 6.52. The van der Waals surface area contributed by atoms with E-state index >= 15 is 0 Å². The smallest absolute Gasteiger partial charge is 0.170 e. The number of hydrogen-bond donors (Lipinski definition) is 2. The SMILES string of the molecule is CC(C)CC(=O)c1c(O)c(C=O)c2c(c1O)C[C@@]1(C(C)C)C[C@H]3C[C@@H]([C@H]1O2)C3(C)C. The van der Waals surface area contributed by atoms with Crippen molar-refractivity contribution in [2.24, 2.45) is 34.5 Å². The van der Waals surface area contributed by atoms with Crippen molar-refractivity contribution >= 4 is 12.1 Å². The van der Waals surface area contributed by atoms with Gasteiger partial charge in [-0.15, -0.1) is 0 Å². The highest BCUT2D eigenvalue weighted by atomic mass is 16.5. The van der Waals surface area contributed by atoms with E-state index in [1.54, 1.807) is 0 Å². The predicted octanol–water partition coefficient (Wildman–Crippen LogP) is 5.15. The summed E-state index contributed by atoms with van der Waals surface area (Å²) in [6, 6.07) is 0. The van der Waals surface area contributed by atoms with Crippen LogP contribution in [-0.2, 0) is 6.42 Å². The van der Waals surface area contributed by atoms with Gasteiger partial charge in [0.2, 0.25) is 0 Å². The van der Waals surface area contributed by atoms with Crippen LogP contribution in [0.3, 0.4) is 0 Å². The summed E-state index contributed by atoms with van der Waals surface area (Å²) in [5, 5.41) is 21.9. The molecule has 5 rings (SSSR count). The second-order valence-electron chi connectivity index (χ2n) is 11.1. The van der Waals surface area contributed by atoms with Crippen LogP contribution < -0.4 is 4.74 Å². The quantitative estimate of drug-likeness (QED) is 0.514. The average molecular weight is 415 g/mol. The number of phenolic OH excluding ortho intramolecular Hbond substituents is 2. The second kappa shape index (κ2) is 6.73. The van der Waals surface area contributed by atoms with E-state index in [0.29, 0.717) is 36.0 Å². The lowest BCUT2D eigenvalue weighted by Crippen LogP contribution is -2.67. The Hall–Kier alpha value is -2.04. The van der Waals surface area contributed by atoms with Gasteiger partial charge in [-0.25, -0.2) is 0 Å². The molecule has 3 saturated carbocycles. The minimum absolute atomic E-state index is 0.00786. The monoisotopic (exact) mass is 414 g/mol. The van der Waals surface area contributed by atoms with Gasteiger partial charge in [0.15, 0.2) is 12.1 Å². The molecule has 2 bridgehead atoms. The summed E-state index contributed by atoms with van der Waals surface area (Å²) in [5.74, 6) is 0.627. The number of ketones is 1. The van der Waals surface area contributed by atoms with Crippen molar-refractivity contribution in [1.29, 1.82) is 0 Å². The Labute approximate surface area is 178 Å². The van der Waals surface area contributed by atoms with E-state index in [1.165, 1.54) is 0 Å². The molecule has 5 nitrogen and oxygen atoms in total. The number of Topliss-reactive ketones (excluding diaryl/α,β-unsaturated/α-hetero) is 1. The van der Waals surface area contributed by atoms with E-state index < -0.39 is 5.75 Å². The van der Waals surface area contributed by atoms with Crippen LogP contribution in [0.1, 0.15) is 87.1 Å². The summed E-state index contributed by atoms with van der Waals surface area (Å²) >= 11 is 0. The number of fused-ring (bicyclic) bond motifs is 1. The zero-order chi connectivity index (χ0) is 22.2. The zero-order valence-corrected chi connectivity index (χ0v) is 18.9. The van der Waals surface area contributed by atoms with Gasteiger partial charge in [-0.3, -0.25) is 9.59 Å². The first-order valence-electron chi connectivity index (χ1n) is 11.2. The van der Waals surface area contributed by atoms with Gasteiger partial charge in [-0.05, 0) is 42.4 Å². The van der Waals surface area contributed by atoms with Crippen LogP contribution in [0.15, 0.2) is 0 Å². The van der Waals surface area contributed by atoms with Crippen LogP contribution in [0.4, 0.5) is 0 Å². The molecule has 4 aliphatic rings. The summed E-state index contributed by atoms with van der Waals surface area (Å²) in [6.45, 7) is 12.8. The van der Waals surface area contributed by atoms with Crippen LogP contribution in [0.5, 0.6) is 17.2 Å². The molecule has 1 heterocycles. The molecule has 3 aliphatic carbocycles. The van der Waals surface area contributed by atoms with Gasteiger partial charge >= 0.3 is 0 Å². The largest absolute Gasteiger partial charge is 0.507 e. The fraction of sp³-hybridized carbons (Fsp3) is 0.680. The first kappa shape index (κ1) is 21.2. The number of phenols is 2. The number of hydrogen-bond acceptors (Lipinski definition) is 5. The van der Waals surface area contributed by atoms with Crippen LogP contribution in [0.2, 0.25) is 0 Å². The zero-order valence-electron chi connectivity index (χ0n) is 18.9. The van der Waals surface area contributed by atoms with Crippen LogP contribution >= 0.6 is 0 Å². The molecule has 0 aromatic heterocycles. The number of carbonyl (C=O) groups is 2. The number of carbonyl (C=O) groups excluding carboxylic acids is 2. The van der Waals surface area contributed by atoms with Gasteiger partial charge in [0.1, 0.15) is 28.9 Å². The molecule has 30 heavy (non-hydrogen) atoms. The molecule has 2 N–H and O–H groups in total. The first-order valence-corrected chi connectivity index (χ1v) is 11.2. The minimum Gasteiger partial charge on any atom is -0.507 e. The Kier molecular flexibility index (Phi) is 4.76. The van der Waals surface area contributed by atoms with Crippen molar-refractivity contribution in [3.05, 3.63) is 16.7 Å². The molecule has 0 saturated heterocycles. The molecular formula is C25H34O5. The van der Waals surface area contributed by atoms with Gasteiger partial charge in [0, 0.05) is 23.3 Å². The lowest BCUT2D eigenvalue weighted by atomic mass is 9.39. The molecule has 164 valence electrons. The maximum atomic E-state index is 12.8. The topological polar surface area (TPSA) is 83.8 Å². The maximum Gasteiger partial charge on any atom is 0.170 e. The Balaban J connectivity index is 1.89. The Bertz CT molecular complexity index is 913. The fourth-order valence-corrected chi connectivity index (χ4v) is 6.41. The Morgan fingerprint density at radius 1 is 1.20 bits per heavy atom. The van der Waals surface area contributed by atoms with Crippen LogP contribution in [0, 0.1) is 34.5 Å². The molecular weight excluding hydrogens is 380 g/mol. The van der Waals surface area contributed by atoms with Crippen molar-refractivity contribution in [3.8, 4) is 17.2 Å². The van der Waals surface area contributed by atoms with E-state index in [9.17, 15) is 19.8 Å². The molecule has 5 heteroatoms. The highest BCUT2D eigenvalue weighted by molar-refractivity contribution is 6.05. The molecule has 1 aromatic rings. The van der Waals surface area contributed by atoms with Crippen molar-refractivity contribution in [2.45, 2.75) is 73.3 Å². The molecule has 1 aliphatic heterocycles. The second-order valence-corrected chi connectivity index (χ2v) is 11.1. The fourth-order valence-electron chi connectivity index (χ4n) is 6.41. The van der Waals surface area contributed by atoms with Crippen molar-refractivity contribution in [2.75, 3.05) is 0 Å². The van der Waals surface area contributed by atoms with E-state index in [1.807, 2.05) is 13.8 Å². The van der Waals surface area contributed by atoms with Crippen LogP contribution in [0.25, 0.3) is 0 Å². The van der Waals surface area contributed by atoms with Crippen molar-refractivity contribution < 1.29 is 24.5 Å². The minimum atomic E-state index is -0.453. The lowest BCUT2D eigenvalue weighted by molar-refractivity contribution is -0.218. The maximum absolute atomic E-state index is 12.8.